The molecule has 0 aliphatic carbocycles. The van der Waals surface area contributed by atoms with Crippen molar-refractivity contribution in [3.63, 3.8) is 0 Å². The van der Waals surface area contributed by atoms with Crippen molar-refractivity contribution >= 4 is 15.9 Å². The number of sulfonamides is 1. The molecule has 0 radical (unpaired) electrons. The third kappa shape index (κ3) is 5.60. The van der Waals surface area contributed by atoms with E-state index in [9.17, 15) is 13.2 Å². The second-order valence-electron chi connectivity index (χ2n) is 6.20. The Hall–Kier alpha value is -1.40. The maximum atomic E-state index is 12.5. The Morgan fingerprint density at radius 1 is 1.12 bits per heavy atom. The van der Waals surface area contributed by atoms with Crippen molar-refractivity contribution in [2.24, 2.45) is 0 Å². The van der Waals surface area contributed by atoms with Gasteiger partial charge in [0.15, 0.2) is 0 Å². The standard InChI is InChI=1S/C18H30N2O3S/c1-6-8-11-20(7-2)17(21)9-10-19-24(22,23)18-15(4)12-14(3)13-16(18)5/h12-13,19H,6-11H2,1-5H3. The fraction of sp³-hybridized carbons (Fsp3) is 0.611. The first-order valence-corrected chi connectivity index (χ1v) is 10.1. The highest BCUT2D eigenvalue weighted by molar-refractivity contribution is 7.89. The Balaban J connectivity index is 2.71. The fourth-order valence-corrected chi connectivity index (χ4v) is 4.40. The molecule has 6 heteroatoms. The quantitative estimate of drug-likeness (QED) is 0.741. The summed E-state index contributed by atoms with van der Waals surface area (Å²) in [5.41, 5.74) is 2.49. The highest BCUT2D eigenvalue weighted by atomic mass is 32.2. The van der Waals surface area contributed by atoms with E-state index < -0.39 is 10.0 Å². The van der Waals surface area contributed by atoms with E-state index in [-0.39, 0.29) is 18.9 Å². The van der Waals surface area contributed by atoms with Crippen LogP contribution in [0.15, 0.2) is 17.0 Å². The summed E-state index contributed by atoms with van der Waals surface area (Å²) in [6.45, 7) is 11.1. The van der Waals surface area contributed by atoms with Crippen LogP contribution >= 0.6 is 0 Å². The van der Waals surface area contributed by atoms with Crippen LogP contribution in [-0.4, -0.2) is 38.9 Å². The number of carbonyl (C=O) groups is 1. The molecule has 5 nitrogen and oxygen atoms in total. The minimum Gasteiger partial charge on any atom is -0.343 e. The first-order chi connectivity index (χ1) is 11.2. The summed E-state index contributed by atoms with van der Waals surface area (Å²) in [6, 6.07) is 3.71. The van der Waals surface area contributed by atoms with E-state index in [0.29, 0.717) is 11.4 Å². The Kier molecular flexibility index (Phi) is 7.90. The van der Waals surface area contributed by atoms with Gasteiger partial charge in [-0.1, -0.05) is 31.0 Å². The van der Waals surface area contributed by atoms with E-state index in [1.54, 1.807) is 18.7 Å². The first-order valence-electron chi connectivity index (χ1n) is 8.58. The van der Waals surface area contributed by atoms with Gasteiger partial charge in [-0.3, -0.25) is 4.79 Å². The van der Waals surface area contributed by atoms with Crippen LogP contribution in [-0.2, 0) is 14.8 Å². The SMILES string of the molecule is CCCCN(CC)C(=O)CCNS(=O)(=O)c1c(C)cc(C)cc1C. The van der Waals surface area contributed by atoms with Gasteiger partial charge in [0.05, 0.1) is 4.90 Å². The van der Waals surface area contributed by atoms with Crippen LogP contribution in [0, 0.1) is 20.8 Å². The Labute approximate surface area is 146 Å². The van der Waals surface area contributed by atoms with Gasteiger partial charge >= 0.3 is 0 Å². The Morgan fingerprint density at radius 2 is 1.71 bits per heavy atom. The summed E-state index contributed by atoms with van der Waals surface area (Å²) in [5.74, 6) is -0.00833. The van der Waals surface area contributed by atoms with Crippen molar-refractivity contribution in [2.45, 2.75) is 58.8 Å². The minimum atomic E-state index is -3.60. The molecule has 0 saturated heterocycles. The highest BCUT2D eigenvalue weighted by Crippen LogP contribution is 2.21. The fourth-order valence-electron chi connectivity index (χ4n) is 2.92. The number of nitrogens with zero attached hydrogens (tertiary/aromatic N) is 1. The van der Waals surface area contributed by atoms with Gasteiger partial charge in [0.25, 0.3) is 0 Å². The van der Waals surface area contributed by atoms with Crippen LogP contribution < -0.4 is 4.72 Å². The summed E-state index contributed by atoms with van der Waals surface area (Å²) in [6.07, 6.45) is 2.18. The van der Waals surface area contributed by atoms with E-state index in [2.05, 4.69) is 11.6 Å². The molecule has 0 aromatic heterocycles. The van der Waals surface area contributed by atoms with Crippen LogP contribution in [0.5, 0.6) is 0 Å². The summed E-state index contributed by atoms with van der Waals surface area (Å²) >= 11 is 0. The molecule has 0 bridgehead atoms. The van der Waals surface area contributed by atoms with Crippen LogP contribution in [0.25, 0.3) is 0 Å². The lowest BCUT2D eigenvalue weighted by atomic mass is 10.1. The van der Waals surface area contributed by atoms with E-state index in [0.717, 1.165) is 36.1 Å². The number of carbonyl (C=O) groups excluding carboxylic acids is 1. The van der Waals surface area contributed by atoms with Gasteiger partial charge in [0, 0.05) is 26.1 Å². The van der Waals surface area contributed by atoms with Gasteiger partial charge in [0.2, 0.25) is 15.9 Å². The van der Waals surface area contributed by atoms with Gasteiger partial charge in [-0.2, -0.15) is 0 Å². The molecule has 0 spiro atoms. The van der Waals surface area contributed by atoms with Crippen LogP contribution in [0.4, 0.5) is 0 Å². The average Bonchev–Trinajstić information content (AvgIpc) is 2.46. The lowest BCUT2D eigenvalue weighted by molar-refractivity contribution is -0.130. The van der Waals surface area contributed by atoms with Gasteiger partial charge in [-0.05, 0) is 45.2 Å². The summed E-state index contributed by atoms with van der Waals surface area (Å²) in [5, 5.41) is 0. The molecule has 0 saturated carbocycles. The smallest absolute Gasteiger partial charge is 0.241 e. The van der Waals surface area contributed by atoms with Crippen LogP contribution in [0.3, 0.4) is 0 Å². The maximum absolute atomic E-state index is 12.5. The second-order valence-corrected chi connectivity index (χ2v) is 7.91. The van der Waals surface area contributed by atoms with Crippen molar-refractivity contribution in [1.29, 1.82) is 0 Å². The van der Waals surface area contributed by atoms with E-state index in [1.807, 2.05) is 26.0 Å². The number of amides is 1. The third-order valence-electron chi connectivity index (χ3n) is 4.02. The number of benzene rings is 1. The highest BCUT2D eigenvalue weighted by Gasteiger charge is 2.20. The zero-order chi connectivity index (χ0) is 18.3. The Bertz CT molecular complexity index is 646. The van der Waals surface area contributed by atoms with Crippen molar-refractivity contribution in [1.82, 2.24) is 9.62 Å². The Morgan fingerprint density at radius 3 is 2.21 bits per heavy atom. The van der Waals surface area contributed by atoms with E-state index >= 15 is 0 Å². The molecule has 1 N–H and O–H groups in total. The van der Waals surface area contributed by atoms with Gasteiger partial charge in [-0.15, -0.1) is 0 Å². The molecule has 136 valence electrons. The molecule has 1 rings (SSSR count). The van der Waals surface area contributed by atoms with Crippen molar-refractivity contribution < 1.29 is 13.2 Å². The zero-order valence-corrected chi connectivity index (χ0v) is 16.3. The molecule has 0 heterocycles. The number of hydrogen-bond donors (Lipinski definition) is 1. The van der Waals surface area contributed by atoms with Crippen LogP contribution in [0.1, 0.15) is 49.8 Å². The molecule has 0 atom stereocenters. The number of nitrogens with one attached hydrogen (secondary N) is 1. The molecule has 0 aliphatic rings. The van der Waals surface area contributed by atoms with Crippen LogP contribution in [0.2, 0.25) is 0 Å². The number of unbranched alkanes of at least 4 members (excludes halogenated alkanes) is 1. The topological polar surface area (TPSA) is 66.5 Å². The van der Waals surface area contributed by atoms with Crippen molar-refractivity contribution in [2.75, 3.05) is 19.6 Å². The summed E-state index contributed by atoms with van der Waals surface area (Å²) in [4.78, 5) is 14.3. The molecule has 0 fully saturated rings. The minimum absolute atomic E-state index is 0.00833. The number of aryl methyl sites for hydroxylation is 3. The van der Waals surface area contributed by atoms with E-state index in [1.165, 1.54) is 0 Å². The summed E-state index contributed by atoms with van der Waals surface area (Å²) in [7, 11) is -3.60. The third-order valence-corrected chi connectivity index (χ3v) is 5.79. The lowest BCUT2D eigenvalue weighted by Gasteiger charge is -2.20. The van der Waals surface area contributed by atoms with Gasteiger partial charge in [0.1, 0.15) is 0 Å². The maximum Gasteiger partial charge on any atom is 0.241 e. The number of rotatable bonds is 9. The predicted octanol–water partition coefficient (Wildman–Crippen LogP) is 2.93. The molecule has 1 amide bonds. The largest absolute Gasteiger partial charge is 0.343 e. The molecule has 24 heavy (non-hydrogen) atoms. The van der Waals surface area contributed by atoms with E-state index in [4.69, 9.17) is 0 Å². The average molecular weight is 355 g/mol. The number of hydrogen-bond acceptors (Lipinski definition) is 3. The zero-order valence-electron chi connectivity index (χ0n) is 15.5. The van der Waals surface area contributed by atoms with Crippen molar-refractivity contribution in [3.8, 4) is 0 Å². The van der Waals surface area contributed by atoms with Gasteiger partial charge in [-0.25, -0.2) is 13.1 Å². The summed E-state index contributed by atoms with van der Waals surface area (Å²) < 4.78 is 27.7. The first kappa shape index (κ1) is 20.6. The molecule has 1 aromatic carbocycles. The van der Waals surface area contributed by atoms with Crippen molar-refractivity contribution in [3.05, 3.63) is 28.8 Å². The molecule has 0 unspecified atom stereocenters. The molecular weight excluding hydrogens is 324 g/mol. The second kappa shape index (κ2) is 9.18. The van der Waals surface area contributed by atoms with Gasteiger partial charge < -0.3 is 4.90 Å². The normalized spacial score (nSPS) is 11.5. The monoisotopic (exact) mass is 354 g/mol. The molecular formula is C18H30N2O3S. The molecule has 1 aromatic rings. The molecule has 0 aliphatic heterocycles. The predicted molar refractivity (Wildman–Crippen MR) is 97.6 cm³/mol. The lowest BCUT2D eigenvalue weighted by Crippen LogP contribution is -2.35.